The van der Waals surface area contributed by atoms with E-state index in [1.165, 1.54) is 0 Å². The van der Waals surface area contributed by atoms with E-state index in [0.717, 1.165) is 0 Å². The summed E-state index contributed by atoms with van der Waals surface area (Å²) in [5.74, 6) is -1.93. The summed E-state index contributed by atoms with van der Waals surface area (Å²) in [5, 5.41) is 138. The van der Waals surface area contributed by atoms with Crippen LogP contribution < -0.4 is 5.32 Å². The van der Waals surface area contributed by atoms with Crippen molar-refractivity contribution in [3.63, 3.8) is 0 Å². The number of carboxylic acid groups (broad SMARTS) is 1. The van der Waals surface area contributed by atoms with Gasteiger partial charge in [-0.05, 0) is 12.8 Å². The SMILES string of the molecule is CCC(=O)CCCCC(=O)NCCO[C@H]1OC(CO)[C@H](O[C@H]2OC(CO)[C@@H](O[C@@H]3OC(CO)[C@@H](O[C@@H]4OC(C(=O)O)[C@@H](O)[C@H](O)C4O)[C@H](O)C3O)[C@H](O)C2O)[C@H](O)C1O. The Hall–Kier alpha value is -2.19. The zero-order valence-electron chi connectivity index (χ0n) is 31.9. The van der Waals surface area contributed by atoms with Gasteiger partial charge in [-0.2, -0.15) is 0 Å². The van der Waals surface area contributed by atoms with Crippen molar-refractivity contribution in [1.82, 2.24) is 5.32 Å². The van der Waals surface area contributed by atoms with Gasteiger partial charge in [0.25, 0.3) is 0 Å². The number of aliphatic carboxylic acids is 1. The average molecular weight is 864 g/mol. The average Bonchev–Trinajstić information content (AvgIpc) is 3.22. The first-order valence-electron chi connectivity index (χ1n) is 19.2. The minimum absolute atomic E-state index is 0.00682. The molecule has 342 valence electrons. The zero-order valence-corrected chi connectivity index (χ0v) is 31.9. The van der Waals surface area contributed by atoms with Crippen molar-refractivity contribution < 1.29 is 119 Å². The number of ketones is 1. The van der Waals surface area contributed by atoms with Crippen molar-refractivity contribution >= 4 is 17.7 Å². The second kappa shape index (κ2) is 22.8. The molecule has 0 aromatic carbocycles. The standard InChI is InChI=1S/C34H57NO24/c1-2-12(39)5-3-4-6-16(40)35-7-8-52-31-23(47)19(43)26(13(9-36)53-31)56-32-24(48)20(44)27(14(10-37)54-32)57-33-25(49)21(45)28(15(11-38)55-33)58-34-22(46)17(41)18(42)29(59-34)30(50)51/h13-15,17-29,31-34,36-38,41-49H,2-11H2,1H3,(H,35,40)(H,50,51)/t13?,14?,15?,17-,18-,19+,20+,21+,22?,23?,24?,25?,26-,27+,28+,29?,31-,32+,33-,34+/m0/s1. The van der Waals surface area contributed by atoms with Gasteiger partial charge in [0, 0.05) is 25.8 Å². The van der Waals surface area contributed by atoms with Crippen LogP contribution in [-0.2, 0) is 52.3 Å². The molecule has 0 aliphatic carbocycles. The quantitative estimate of drug-likeness (QED) is 0.0505. The summed E-state index contributed by atoms with van der Waals surface area (Å²) >= 11 is 0. The topological polar surface area (TPSA) is 400 Å². The monoisotopic (exact) mass is 863 g/mol. The van der Waals surface area contributed by atoms with Crippen molar-refractivity contribution in [2.45, 2.75) is 162 Å². The van der Waals surface area contributed by atoms with Crippen molar-refractivity contribution in [2.24, 2.45) is 0 Å². The lowest BCUT2D eigenvalue weighted by atomic mass is 9.95. The maximum absolute atomic E-state index is 12.1. The number of carbonyl (C=O) groups is 3. The highest BCUT2D eigenvalue weighted by Gasteiger charge is 2.55. The Labute approximate surface area is 336 Å². The van der Waals surface area contributed by atoms with Gasteiger partial charge in [0.1, 0.15) is 97.3 Å². The molecule has 4 rings (SSSR count). The molecule has 25 heteroatoms. The lowest BCUT2D eigenvalue weighted by molar-refractivity contribution is -0.387. The number of carbonyl (C=O) groups excluding carboxylic acids is 2. The van der Waals surface area contributed by atoms with Gasteiger partial charge in [-0.25, -0.2) is 4.79 Å². The number of ether oxygens (including phenoxy) is 8. The molecule has 0 bridgehead atoms. The molecule has 8 unspecified atom stereocenters. The summed E-state index contributed by atoms with van der Waals surface area (Å²) in [4.78, 5) is 34.9. The molecular weight excluding hydrogens is 806 g/mol. The molecule has 0 radical (unpaired) electrons. The molecule has 59 heavy (non-hydrogen) atoms. The number of carboxylic acids is 1. The van der Waals surface area contributed by atoms with E-state index >= 15 is 0 Å². The highest BCUT2D eigenvalue weighted by atomic mass is 16.8. The molecule has 14 N–H and O–H groups in total. The van der Waals surface area contributed by atoms with Crippen LogP contribution in [0.15, 0.2) is 0 Å². The summed E-state index contributed by atoms with van der Waals surface area (Å²) in [6.07, 6.45) is -35.5. The Bertz CT molecular complexity index is 1330. The highest BCUT2D eigenvalue weighted by molar-refractivity contribution is 5.78. The fourth-order valence-electron chi connectivity index (χ4n) is 6.89. The Morgan fingerprint density at radius 1 is 0.542 bits per heavy atom. The predicted octanol–water partition coefficient (Wildman–Crippen LogP) is -7.98. The Morgan fingerprint density at radius 3 is 1.39 bits per heavy atom. The number of unbranched alkanes of at least 4 members (excludes halogenated alkanes) is 1. The third kappa shape index (κ3) is 12.0. The van der Waals surface area contributed by atoms with Gasteiger partial charge in [0.05, 0.1) is 26.4 Å². The Kier molecular flexibility index (Phi) is 19.1. The second-order valence-corrected chi connectivity index (χ2v) is 14.5. The van der Waals surface area contributed by atoms with Crippen LogP contribution in [-0.4, -0.2) is 240 Å². The van der Waals surface area contributed by atoms with E-state index in [-0.39, 0.29) is 31.3 Å². The van der Waals surface area contributed by atoms with Crippen molar-refractivity contribution in [2.75, 3.05) is 33.0 Å². The first-order valence-corrected chi connectivity index (χ1v) is 19.2. The molecule has 0 aromatic heterocycles. The van der Waals surface area contributed by atoms with Gasteiger partial charge in [-0.15, -0.1) is 0 Å². The normalized spacial score (nSPS) is 42.9. The van der Waals surface area contributed by atoms with E-state index in [0.29, 0.717) is 25.7 Å². The third-order valence-electron chi connectivity index (χ3n) is 10.4. The molecule has 25 nitrogen and oxygen atoms in total. The molecule has 4 saturated heterocycles. The number of hydrogen-bond acceptors (Lipinski definition) is 23. The molecule has 20 atom stereocenters. The van der Waals surface area contributed by atoms with Gasteiger partial charge >= 0.3 is 5.97 Å². The molecule has 1 amide bonds. The minimum Gasteiger partial charge on any atom is -0.479 e. The largest absolute Gasteiger partial charge is 0.479 e. The van der Waals surface area contributed by atoms with Crippen LogP contribution in [0, 0.1) is 0 Å². The number of amides is 1. The first-order chi connectivity index (χ1) is 28.0. The van der Waals surface area contributed by atoms with Crippen LogP contribution in [0.3, 0.4) is 0 Å². The third-order valence-corrected chi connectivity index (χ3v) is 10.4. The molecule has 0 aromatic rings. The second-order valence-electron chi connectivity index (χ2n) is 14.5. The van der Waals surface area contributed by atoms with Crippen LogP contribution in [0.5, 0.6) is 0 Å². The number of aliphatic hydroxyl groups excluding tert-OH is 12. The minimum atomic E-state index is -2.12. The van der Waals surface area contributed by atoms with E-state index in [9.17, 15) is 80.8 Å². The fraction of sp³-hybridized carbons (Fsp3) is 0.912. The molecule has 4 fully saturated rings. The van der Waals surface area contributed by atoms with Crippen LogP contribution in [0.1, 0.15) is 39.0 Å². The van der Waals surface area contributed by atoms with E-state index in [1.54, 1.807) is 6.92 Å². The van der Waals surface area contributed by atoms with Crippen LogP contribution in [0.25, 0.3) is 0 Å². The Balaban J connectivity index is 1.32. The van der Waals surface area contributed by atoms with Gasteiger partial charge in [0.2, 0.25) is 5.91 Å². The van der Waals surface area contributed by atoms with Crippen LogP contribution in [0.2, 0.25) is 0 Å². The predicted molar refractivity (Wildman–Crippen MR) is 185 cm³/mol. The molecule has 4 aliphatic rings. The molecular formula is C34H57NO24. The number of nitrogens with one attached hydrogen (secondary N) is 1. The smallest absolute Gasteiger partial charge is 0.335 e. The van der Waals surface area contributed by atoms with Crippen molar-refractivity contribution in [3.8, 4) is 0 Å². The fourth-order valence-corrected chi connectivity index (χ4v) is 6.89. The number of Topliss-reactive ketones (excluding diaryl/α,β-unsaturated/α-hetero) is 1. The molecule has 4 heterocycles. The summed E-state index contributed by atoms with van der Waals surface area (Å²) in [6.45, 7) is -1.19. The maximum atomic E-state index is 12.1. The Morgan fingerprint density at radius 2 is 0.949 bits per heavy atom. The van der Waals surface area contributed by atoms with E-state index in [1.807, 2.05) is 0 Å². The first kappa shape index (κ1) is 49.5. The molecule has 4 aliphatic heterocycles. The van der Waals surface area contributed by atoms with Gasteiger partial charge < -0.3 is 110 Å². The summed E-state index contributed by atoms with van der Waals surface area (Å²) in [6, 6.07) is 0. The van der Waals surface area contributed by atoms with E-state index in [4.69, 9.17) is 37.9 Å². The van der Waals surface area contributed by atoms with Gasteiger partial charge in [0.15, 0.2) is 31.3 Å². The van der Waals surface area contributed by atoms with Crippen LogP contribution >= 0.6 is 0 Å². The highest BCUT2D eigenvalue weighted by Crippen LogP contribution is 2.34. The summed E-state index contributed by atoms with van der Waals surface area (Å²) in [5.41, 5.74) is 0. The van der Waals surface area contributed by atoms with E-state index in [2.05, 4.69) is 5.32 Å². The number of rotatable bonds is 20. The van der Waals surface area contributed by atoms with Crippen LogP contribution in [0.4, 0.5) is 0 Å². The van der Waals surface area contributed by atoms with Crippen molar-refractivity contribution in [3.05, 3.63) is 0 Å². The zero-order chi connectivity index (χ0) is 43.7. The maximum Gasteiger partial charge on any atom is 0.335 e. The summed E-state index contributed by atoms with van der Waals surface area (Å²) < 4.78 is 43.8. The van der Waals surface area contributed by atoms with Crippen molar-refractivity contribution in [1.29, 1.82) is 0 Å². The van der Waals surface area contributed by atoms with Gasteiger partial charge in [-0.1, -0.05) is 6.92 Å². The number of aliphatic hydroxyl groups is 12. The summed E-state index contributed by atoms with van der Waals surface area (Å²) in [7, 11) is 0. The lowest BCUT2D eigenvalue weighted by Gasteiger charge is -2.49. The van der Waals surface area contributed by atoms with E-state index < -0.39 is 149 Å². The van der Waals surface area contributed by atoms with Gasteiger partial charge in [-0.3, -0.25) is 9.59 Å². The lowest BCUT2D eigenvalue weighted by Crippen LogP contribution is -2.67. The molecule has 0 spiro atoms. The molecule has 0 saturated carbocycles. The number of hydrogen-bond donors (Lipinski definition) is 14.